The summed E-state index contributed by atoms with van der Waals surface area (Å²) in [6.45, 7) is 0. The number of ether oxygens (including phenoxy) is 1. The van der Waals surface area contributed by atoms with Crippen LogP contribution in [-0.4, -0.2) is 13.1 Å². The highest BCUT2D eigenvalue weighted by Crippen LogP contribution is 2.32. The Morgan fingerprint density at radius 2 is 1.89 bits per heavy atom. The fourth-order valence-corrected chi connectivity index (χ4v) is 3.13. The quantitative estimate of drug-likeness (QED) is 0.488. The second kappa shape index (κ2) is 6.76. The molecule has 0 aliphatic rings. The summed E-state index contributed by atoms with van der Waals surface area (Å²) in [5.74, 6) is -0.325. The lowest BCUT2D eigenvalue weighted by Crippen LogP contribution is -2.03. The first-order valence-electron chi connectivity index (χ1n) is 5.41. The summed E-state index contributed by atoms with van der Waals surface area (Å²) in [5, 5.41) is 0. The fourth-order valence-electron chi connectivity index (χ4n) is 1.49. The average molecular weight is 449 g/mol. The molecule has 2 rings (SSSR count). The van der Waals surface area contributed by atoms with Gasteiger partial charge in [0.1, 0.15) is 0 Å². The van der Waals surface area contributed by atoms with Crippen LogP contribution < -0.4 is 0 Å². The van der Waals surface area contributed by atoms with Gasteiger partial charge in [0, 0.05) is 17.8 Å². The smallest absolute Gasteiger partial charge is 0.339 e. The minimum atomic E-state index is -0.325. The molecule has 98 valence electrons. The molecule has 0 saturated heterocycles. The maximum absolute atomic E-state index is 11.8. The van der Waals surface area contributed by atoms with Crippen molar-refractivity contribution >= 4 is 56.3 Å². The zero-order valence-electron chi connectivity index (χ0n) is 10.0. The van der Waals surface area contributed by atoms with Crippen LogP contribution in [0.15, 0.2) is 56.7 Å². The van der Waals surface area contributed by atoms with Crippen LogP contribution in [0.5, 0.6) is 0 Å². The van der Waals surface area contributed by atoms with Crippen LogP contribution in [0.1, 0.15) is 10.4 Å². The van der Waals surface area contributed by atoms with E-state index in [1.54, 1.807) is 17.8 Å². The van der Waals surface area contributed by atoms with Gasteiger partial charge in [0.05, 0.1) is 12.7 Å². The number of esters is 1. The van der Waals surface area contributed by atoms with Crippen LogP contribution in [0.25, 0.3) is 0 Å². The standard InChI is InChI=1S/C14H10BrIO2S/c1-18-14(17)12-8-9(15)2-7-13(12)19-11-5-3-10(16)4-6-11/h2-8H,1H3. The van der Waals surface area contributed by atoms with Crippen molar-refractivity contribution in [1.82, 2.24) is 0 Å². The van der Waals surface area contributed by atoms with E-state index in [-0.39, 0.29) is 5.97 Å². The lowest BCUT2D eigenvalue weighted by Gasteiger charge is -2.08. The van der Waals surface area contributed by atoms with Crippen molar-refractivity contribution in [3.05, 3.63) is 56.1 Å². The first-order valence-corrected chi connectivity index (χ1v) is 8.10. The van der Waals surface area contributed by atoms with E-state index in [0.29, 0.717) is 5.56 Å². The molecule has 0 atom stereocenters. The summed E-state index contributed by atoms with van der Waals surface area (Å²) in [6.07, 6.45) is 0. The Balaban J connectivity index is 2.34. The van der Waals surface area contributed by atoms with Crippen molar-refractivity contribution in [1.29, 1.82) is 0 Å². The SMILES string of the molecule is COC(=O)c1cc(Br)ccc1Sc1ccc(I)cc1. The second-order valence-corrected chi connectivity index (χ2v) is 6.96. The Morgan fingerprint density at radius 1 is 1.21 bits per heavy atom. The monoisotopic (exact) mass is 448 g/mol. The zero-order valence-corrected chi connectivity index (χ0v) is 14.6. The molecule has 0 aliphatic carbocycles. The molecule has 0 aromatic heterocycles. The number of carbonyl (C=O) groups excluding carboxylic acids is 1. The van der Waals surface area contributed by atoms with E-state index in [1.165, 1.54) is 10.7 Å². The van der Waals surface area contributed by atoms with E-state index < -0.39 is 0 Å². The van der Waals surface area contributed by atoms with Gasteiger partial charge in [0.25, 0.3) is 0 Å². The van der Waals surface area contributed by atoms with Gasteiger partial charge in [0.15, 0.2) is 0 Å². The molecule has 0 saturated carbocycles. The lowest BCUT2D eigenvalue weighted by molar-refractivity contribution is 0.0596. The Labute approximate surface area is 138 Å². The molecular weight excluding hydrogens is 439 g/mol. The van der Waals surface area contributed by atoms with Crippen LogP contribution in [-0.2, 0) is 4.74 Å². The highest BCUT2D eigenvalue weighted by Gasteiger charge is 2.13. The molecule has 2 nitrogen and oxygen atoms in total. The Bertz CT molecular complexity index is 599. The van der Waals surface area contributed by atoms with Crippen LogP contribution in [0.3, 0.4) is 0 Å². The predicted octanol–water partition coefficient (Wildman–Crippen LogP) is 4.99. The van der Waals surface area contributed by atoms with Crippen molar-refractivity contribution in [2.24, 2.45) is 0 Å². The second-order valence-electron chi connectivity index (χ2n) is 3.69. The molecule has 0 fully saturated rings. The molecule has 0 N–H and O–H groups in total. The van der Waals surface area contributed by atoms with Crippen molar-refractivity contribution < 1.29 is 9.53 Å². The van der Waals surface area contributed by atoms with Crippen LogP contribution >= 0.6 is 50.3 Å². The third kappa shape index (κ3) is 3.97. The normalized spacial score (nSPS) is 10.3. The molecule has 0 aliphatic heterocycles. The number of benzene rings is 2. The van der Waals surface area contributed by atoms with Gasteiger partial charge >= 0.3 is 5.97 Å². The number of rotatable bonds is 3. The number of hydrogen-bond donors (Lipinski definition) is 0. The van der Waals surface area contributed by atoms with E-state index in [1.807, 2.05) is 36.4 Å². The maximum Gasteiger partial charge on any atom is 0.339 e. The van der Waals surface area contributed by atoms with Crippen molar-refractivity contribution in [3.8, 4) is 0 Å². The first kappa shape index (κ1) is 14.9. The van der Waals surface area contributed by atoms with E-state index >= 15 is 0 Å². The number of methoxy groups -OCH3 is 1. The van der Waals surface area contributed by atoms with Gasteiger partial charge in [-0.05, 0) is 65.1 Å². The van der Waals surface area contributed by atoms with Gasteiger partial charge in [-0.1, -0.05) is 27.7 Å². The van der Waals surface area contributed by atoms with E-state index in [0.717, 1.165) is 14.3 Å². The van der Waals surface area contributed by atoms with Gasteiger partial charge in [-0.3, -0.25) is 0 Å². The Hall–Kier alpha value is -0.530. The minimum absolute atomic E-state index is 0.325. The van der Waals surface area contributed by atoms with Crippen LogP contribution in [0, 0.1) is 3.57 Å². The van der Waals surface area contributed by atoms with Crippen molar-refractivity contribution in [3.63, 3.8) is 0 Å². The number of halogens is 2. The fraction of sp³-hybridized carbons (Fsp3) is 0.0714. The van der Waals surface area contributed by atoms with E-state index in [9.17, 15) is 4.79 Å². The molecule has 0 unspecified atom stereocenters. The van der Waals surface area contributed by atoms with Crippen molar-refractivity contribution in [2.45, 2.75) is 9.79 Å². The molecule has 2 aromatic rings. The summed E-state index contributed by atoms with van der Waals surface area (Å²) >= 11 is 7.19. The van der Waals surface area contributed by atoms with Gasteiger partial charge in [-0.15, -0.1) is 0 Å². The molecule has 19 heavy (non-hydrogen) atoms. The third-order valence-electron chi connectivity index (χ3n) is 2.39. The molecule has 0 radical (unpaired) electrons. The Kier molecular flexibility index (Phi) is 5.29. The Morgan fingerprint density at radius 3 is 2.53 bits per heavy atom. The molecule has 0 amide bonds. The van der Waals surface area contributed by atoms with E-state index in [2.05, 4.69) is 38.5 Å². The molecule has 2 aromatic carbocycles. The molecule has 0 heterocycles. The zero-order chi connectivity index (χ0) is 13.8. The van der Waals surface area contributed by atoms with Gasteiger partial charge in [-0.2, -0.15) is 0 Å². The van der Waals surface area contributed by atoms with Crippen LogP contribution in [0.4, 0.5) is 0 Å². The summed E-state index contributed by atoms with van der Waals surface area (Å²) < 4.78 is 6.86. The predicted molar refractivity (Wildman–Crippen MR) is 88.8 cm³/mol. The van der Waals surface area contributed by atoms with E-state index in [4.69, 9.17) is 4.74 Å². The summed E-state index contributed by atoms with van der Waals surface area (Å²) in [5.41, 5.74) is 0.570. The number of carbonyl (C=O) groups is 1. The maximum atomic E-state index is 11.8. The summed E-state index contributed by atoms with van der Waals surface area (Å²) in [7, 11) is 1.39. The lowest BCUT2D eigenvalue weighted by atomic mass is 10.2. The molecule has 0 bridgehead atoms. The summed E-state index contributed by atoms with van der Waals surface area (Å²) in [6, 6.07) is 13.8. The molecular formula is C14H10BrIO2S. The first-order chi connectivity index (χ1) is 9.10. The number of hydrogen-bond acceptors (Lipinski definition) is 3. The van der Waals surface area contributed by atoms with Gasteiger partial charge in [0.2, 0.25) is 0 Å². The van der Waals surface area contributed by atoms with Gasteiger partial charge < -0.3 is 4.74 Å². The molecule has 5 heteroatoms. The largest absolute Gasteiger partial charge is 0.465 e. The van der Waals surface area contributed by atoms with Gasteiger partial charge in [-0.25, -0.2) is 4.79 Å². The average Bonchev–Trinajstić information content (AvgIpc) is 2.42. The topological polar surface area (TPSA) is 26.3 Å². The van der Waals surface area contributed by atoms with Crippen LogP contribution in [0.2, 0.25) is 0 Å². The highest BCUT2D eigenvalue weighted by atomic mass is 127. The molecule has 0 spiro atoms. The van der Waals surface area contributed by atoms with Crippen molar-refractivity contribution in [2.75, 3.05) is 7.11 Å². The summed E-state index contributed by atoms with van der Waals surface area (Å²) in [4.78, 5) is 13.7. The highest BCUT2D eigenvalue weighted by molar-refractivity contribution is 14.1. The minimum Gasteiger partial charge on any atom is -0.465 e. The third-order valence-corrected chi connectivity index (χ3v) is 4.68.